The van der Waals surface area contributed by atoms with Crippen LogP contribution in [-0.4, -0.2) is 40.9 Å². The Labute approximate surface area is 183 Å². The molecule has 0 radical (unpaired) electrons. The van der Waals surface area contributed by atoms with Crippen LogP contribution in [0.3, 0.4) is 0 Å². The van der Waals surface area contributed by atoms with Crippen LogP contribution in [-0.2, 0) is 28.7 Å². The van der Waals surface area contributed by atoms with Gasteiger partial charge in [0.2, 0.25) is 0 Å². The van der Waals surface area contributed by atoms with Crippen LogP contribution in [0.15, 0.2) is 29.3 Å². The molecule has 1 aliphatic carbocycles. The predicted octanol–water partition coefficient (Wildman–Crippen LogP) is 3.59. The molecule has 1 aromatic rings. The summed E-state index contributed by atoms with van der Waals surface area (Å²) in [4.78, 5) is 4.77. The number of halogens is 1. The van der Waals surface area contributed by atoms with Crippen LogP contribution in [0.5, 0.6) is 0 Å². The van der Waals surface area contributed by atoms with Gasteiger partial charge in [0.25, 0.3) is 0 Å². The molecule has 1 aliphatic rings. The minimum atomic E-state index is -0.706. The predicted molar refractivity (Wildman–Crippen MR) is 125 cm³/mol. The second-order valence-corrected chi connectivity index (χ2v) is 8.70. The number of rotatable bonds is 8. The number of nitrogens with zero attached hydrogens (tertiary/aromatic N) is 1. The third-order valence-corrected chi connectivity index (χ3v) is 6.53. The first kappa shape index (κ1) is 24.4. The van der Waals surface area contributed by atoms with Gasteiger partial charge in [-0.2, -0.15) is 0 Å². The number of guanidine groups is 1. The van der Waals surface area contributed by atoms with E-state index < -0.39 is 10.8 Å². The summed E-state index contributed by atoms with van der Waals surface area (Å²) in [7, 11) is 1.01. The topological polar surface area (TPSA) is 62.7 Å². The first-order valence-corrected chi connectivity index (χ1v) is 11.0. The van der Waals surface area contributed by atoms with Gasteiger partial charge in [-0.3, -0.25) is 4.21 Å². The van der Waals surface area contributed by atoms with Gasteiger partial charge in [0.05, 0.1) is 13.2 Å². The number of aliphatic imine (C=N–C) groups is 1. The molecule has 0 saturated heterocycles. The third-order valence-electron chi connectivity index (χ3n) is 4.79. The molecule has 0 aliphatic heterocycles. The summed E-state index contributed by atoms with van der Waals surface area (Å²) < 4.78 is 17.4. The third kappa shape index (κ3) is 8.07. The van der Waals surface area contributed by atoms with Gasteiger partial charge in [-0.05, 0) is 37.3 Å². The van der Waals surface area contributed by atoms with Crippen molar-refractivity contribution in [3.8, 4) is 0 Å². The molecule has 3 unspecified atom stereocenters. The number of benzene rings is 1. The fraction of sp³-hybridized carbons (Fsp3) is 0.650. The number of hydrogen-bond donors (Lipinski definition) is 2. The maximum atomic E-state index is 12.2. The Kier molecular flexibility index (Phi) is 12.2. The highest BCUT2D eigenvalue weighted by Crippen LogP contribution is 2.23. The number of ether oxygens (including phenoxy) is 1. The average molecular weight is 507 g/mol. The molecule has 0 heterocycles. The van der Waals surface area contributed by atoms with Crippen molar-refractivity contribution in [3.63, 3.8) is 0 Å². The maximum Gasteiger partial charge on any atom is 0.191 e. The van der Waals surface area contributed by atoms with E-state index in [0.717, 1.165) is 43.9 Å². The van der Waals surface area contributed by atoms with Crippen LogP contribution in [0.4, 0.5) is 0 Å². The summed E-state index contributed by atoms with van der Waals surface area (Å²) in [6.07, 6.45) is 4.29. The van der Waals surface area contributed by atoms with Crippen molar-refractivity contribution in [1.29, 1.82) is 0 Å². The molecule has 1 fully saturated rings. The molecule has 1 aromatic carbocycles. The zero-order valence-corrected chi connectivity index (χ0v) is 19.8. The highest BCUT2D eigenvalue weighted by atomic mass is 127. The van der Waals surface area contributed by atoms with E-state index in [-0.39, 0.29) is 24.0 Å². The summed E-state index contributed by atoms with van der Waals surface area (Å²) in [5.74, 6) is 1.59. The minimum absolute atomic E-state index is 0. The summed E-state index contributed by atoms with van der Waals surface area (Å²) in [6.45, 7) is 6.12. The molecule has 2 N–H and O–H groups in total. The standard InChI is InChI=1S/C20H33N3O2S.HI/c1-4-21-20(22-14-16-9-6-7-10-17(16)15-25-3)23-18-11-8-12-19(13-18)26(24)5-2;/h6-7,9-10,18-19H,4-5,8,11-15H2,1-3H3,(H2,21,22,23);1H. The molecule has 0 amide bonds. The van der Waals surface area contributed by atoms with Crippen molar-refractivity contribution in [3.05, 3.63) is 35.4 Å². The van der Waals surface area contributed by atoms with Gasteiger partial charge in [-0.1, -0.05) is 37.6 Å². The molecule has 5 nitrogen and oxygen atoms in total. The first-order valence-electron chi connectivity index (χ1n) is 9.65. The summed E-state index contributed by atoms with van der Waals surface area (Å²) >= 11 is 0. The van der Waals surface area contributed by atoms with Gasteiger partial charge < -0.3 is 15.4 Å². The fourth-order valence-corrected chi connectivity index (χ4v) is 4.78. The zero-order valence-electron chi connectivity index (χ0n) is 16.7. The largest absolute Gasteiger partial charge is 0.380 e. The van der Waals surface area contributed by atoms with Crippen molar-refractivity contribution in [2.24, 2.45) is 4.99 Å². The van der Waals surface area contributed by atoms with Gasteiger partial charge in [0.1, 0.15) is 0 Å². The lowest BCUT2D eigenvalue weighted by atomic mass is 9.95. The van der Waals surface area contributed by atoms with E-state index in [2.05, 4.69) is 29.7 Å². The number of hydrogen-bond acceptors (Lipinski definition) is 3. The molecule has 27 heavy (non-hydrogen) atoms. The van der Waals surface area contributed by atoms with E-state index in [1.165, 1.54) is 11.1 Å². The lowest BCUT2D eigenvalue weighted by molar-refractivity contribution is 0.184. The quantitative estimate of drug-likeness (QED) is 0.321. The molecule has 7 heteroatoms. The molecular weight excluding hydrogens is 473 g/mol. The Morgan fingerprint density at radius 3 is 2.67 bits per heavy atom. The molecule has 3 atom stereocenters. The molecule has 2 rings (SSSR count). The van der Waals surface area contributed by atoms with E-state index in [9.17, 15) is 4.21 Å². The normalized spacial score (nSPS) is 21.2. The zero-order chi connectivity index (χ0) is 18.8. The summed E-state index contributed by atoms with van der Waals surface area (Å²) in [5.41, 5.74) is 2.35. The number of nitrogens with one attached hydrogen (secondary N) is 2. The molecule has 154 valence electrons. The Balaban J connectivity index is 0.00000364. The van der Waals surface area contributed by atoms with Crippen LogP contribution in [0.1, 0.15) is 50.7 Å². The van der Waals surface area contributed by atoms with E-state index in [4.69, 9.17) is 9.73 Å². The average Bonchev–Trinajstić information content (AvgIpc) is 2.67. The minimum Gasteiger partial charge on any atom is -0.380 e. The Bertz CT molecular complexity index is 613. The van der Waals surface area contributed by atoms with Gasteiger partial charge in [0, 0.05) is 41.5 Å². The molecule has 0 bridgehead atoms. The lowest BCUT2D eigenvalue weighted by Crippen LogP contribution is -2.46. The van der Waals surface area contributed by atoms with E-state index >= 15 is 0 Å². The summed E-state index contributed by atoms with van der Waals surface area (Å²) in [6, 6.07) is 8.59. The van der Waals surface area contributed by atoms with Crippen molar-refractivity contribution in [1.82, 2.24) is 10.6 Å². The Hall–Kier alpha value is -0.670. The van der Waals surface area contributed by atoms with Crippen LogP contribution in [0, 0.1) is 0 Å². The summed E-state index contributed by atoms with van der Waals surface area (Å²) in [5, 5.41) is 7.22. The number of methoxy groups -OCH3 is 1. The molecule has 0 spiro atoms. The van der Waals surface area contributed by atoms with Gasteiger partial charge >= 0.3 is 0 Å². The smallest absolute Gasteiger partial charge is 0.191 e. The highest BCUT2D eigenvalue weighted by molar-refractivity contribution is 14.0. The van der Waals surface area contributed by atoms with Crippen molar-refractivity contribution >= 4 is 40.7 Å². The second-order valence-electron chi connectivity index (χ2n) is 6.70. The lowest BCUT2D eigenvalue weighted by Gasteiger charge is -2.30. The Morgan fingerprint density at radius 1 is 1.26 bits per heavy atom. The van der Waals surface area contributed by atoms with E-state index in [1.807, 2.05) is 19.1 Å². The van der Waals surface area contributed by atoms with Crippen LogP contribution >= 0.6 is 24.0 Å². The van der Waals surface area contributed by atoms with Crippen LogP contribution in [0.2, 0.25) is 0 Å². The second kappa shape index (κ2) is 13.5. The van der Waals surface area contributed by atoms with Crippen molar-refractivity contribution in [2.75, 3.05) is 19.4 Å². The van der Waals surface area contributed by atoms with Crippen LogP contribution in [0.25, 0.3) is 0 Å². The fourth-order valence-electron chi connectivity index (χ4n) is 3.44. The SMILES string of the molecule is CCNC(=NCc1ccccc1COC)NC1CCCC(S(=O)CC)C1.I. The molecule has 0 aromatic heterocycles. The van der Waals surface area contributed by atoms with Gasteiger partial charge in [-0.15, -0.1) is 24.0 Å². The van der Waals surface area contributed by atoms with Crippen molar-refractivity contribution < 1.29 is 8.95 Å². The maximum absolute atomic E-state index is 12.2. The van der Waals surface area contributed by atoms with Crippen molar-refractivity contribution in [2.45, 2.75) is 64.0 Å². The molecule has 1 saturated carbocycles. The first-order chi connectivity index (χ1) is 12.7. The van der Waals surface area contributed by atoms with Crippen LogP contribution < -0.4 is 10.6 Å². The van der Waals surface area contributed by atoms with E-state index in [1.54, 1.807) is 7.11 Å². The Morgan fingerprint density at radius 2 is 2.00 bits per heavy atom. The highest BCUT2D eigenvalue weighted by Gasteiger charge is 2.26. The molecular formula is C20H34IN3O2S. The van der Waals surface area contributed by atoms with Gasteiger partial charge in [0.15, 0.2) is 5.96 Å². The van der Waals surface area contributed by atoms with E-state index in [0.29, 0.717) is 24.4 Å². The monoisotopic (exact) mass is 507 g/mol. The van der Waals surface area contributed by atoms with Gasteiger partial charge in [-0.25, -0.2) is 4.99 Å².